The Kier molecular flexibility index (Phi) is 8.23. The third kappa shape index (κ3) is 7.89. The van der Waals surface area contributed by atoms with Crippen molar-refractivity contribution in [1.82, 2.24) is 9.80 Å². The average Bonchev–Trinajstić information content (AvgIpc) is 2.76. The van der Waals surface area contributed by atoms with Crippen LogP contribution in [-0.2, 0) is 11.3 Å². The van der Waals surface area contributed by atoms with E-state index in [0.29, 0.717) is 6.04 Å². The van der Waals surface area contributed by atoms with Gasteiger partial charge < -0.3 is 9.64 Å². The molecule has 3 rings (SSSR count). The third-order valence-corrected chi connectivity index (χ3v) is 6.26. The molecule has 1 saturated heterocycles. The molecule has 2 aromatic carbocycles. The van der Waals surface area contributed by atoms with Crippen molar-refractivity contribution in [2.24, 2.45) is 5.41 Å². The largest absolute Gasteiger partial charge is 0.444 e. The second kappa shape index (κ2) is 10.7. The van der Waals surface area contributed by atoms with Crippen LogP contribution in [0.4, 0.5) is 4.79 Å². The number of ether oxygens (including phenoxy) is 1. The van der Waals surface area contributed by atoms with E-state index in [2.05, 4.69) is 80.3 Å². The van der Waals surface area contributed by atoms with Crippen LogP contribution in [0.25, 0.3) is 11.1 Å². The first-order valence-electron chi connectivity index (χ1n) is 12.4. The zero-order valence-corrected chi connectivity index (χ0v) is 21.4. The Morgan fingerprint density at radius 2 is 1.55 bits per heavy atom. The van der Waals surface area contributed by atoms with E-state index < -0.39 is 5.60 Å². The van der Waals surface area contributed by atoms with Gasteiger partial charge in [0.1, 0.15) is 5.60 Å². The highest BCUT2D eigenvalue weighted by Crippen LogP contribution is 2.29. The number of likely N-dealkylation sites (tertiary alicyclic amines) is 1. The van der Waals surface area contributed by atoms with Crippen LogP contribution in [0.5, 0.6) is 0 Å². The van der Waals surface area contributed by atoms with Gasteiger partial charge in [-0.1, -0.05) is 75.4 Å². The molecule has 0 aromatic heterocycles. The maximum Gasteiger partial charge on any atom is 0.410 e. The Hall–Kier alpha value is -2.33. The number of rotatable bonds is 6. The minimum absolute atomic E-state index is 0.184. The molecule has 4 nitrogen and oxygen atoms in total. The van der Waals surface area contributed by atoms with Crippen LogP contribution in [0, 0.1) is 5.41 Å². The summed E-state index contributed by atoms with van der Waals surface area (Å²) in [7, 11) is 0. The van der Waals surface area contributed by atoms with Crippen molar-refractivity contribution in [2.75, 3.05) is 19.6 Å². The fourth-order valence-electron chi connectivity index (χ4n) is 4.39. The van der Waals surface area contributed by atoms with Crippen LogP contribution >= 0.6 is 0 Å². The molecule has 0 bridgehead atoms. The third-order valence-electron chi connectivity index (χ3n) is 6.26. The predicted molar refractivity (Wildman–Crippen MR) is 137 cm³/mol. The molecule has 0 spiro atoms. The summed E-state index contributed by atoms with van der Waals surface area (Å²) in [4.78, 5) is 17.1. The van der Waals surface area contributed by atoms with E-state index in [4.69, 9.17) is 4.74 Å². The number of hydrogen-bond acceptors (Lipinski definition) is 3. The molecule has 1 fully saturated rings. The molecule has 33 heavy (non-hydrogen) atoms. The summed E-state index contributed by atoms with van der Waals surface area (Å²) in [6, 6.07) is 19.9. The number of benzene rings is 2. The first kappa shape index (κ1) is 25.3. The van der Waals surface area contributed by atoms with E-state index in [1.165, 1.54) is 16.7 Å². The smallest absolute Gasteiger partial charge is 0.410 e. The van der Waals surface area contributed by atoms with E-state index >= 15 is 0 Å². The number of carbonyl (C=O) groups is 1. The molecule has 0 saturated carbocycles. The average molecular weight is 451 g/mol. The predicted octanol–water partition coefficient (Wildman–Crippen LogP) is 6.99. The highest BCUT2D eigenvalue weighted by molar-refractivity contribution is 5.68. The summed E-state index contributed by atoms with van der Waals surface area (Å²) >= 11 is 0. The van der Waals surface area contributed by atoms with Crippen LogP contribution in [0.15, 0.2) is 54.6 Å². The molecule has 180 valence electrons. The van der Waals surface area contributed by atoms with Gasteiger partial charge in [-0.2, -0.15) is 0 Å². The standard InChI is InChI=1S/C29H42N2O2/c1-28(2,3)18-21-31(25-16-19-30(20-17-25)27(32)33-29(4,5)6)22-24-14-10-11-15-26(24)23-12-8-7-9-13-23/h7-15,25H,16-22H2,1-6H3. The van der Waals surface area contributed by atoms with Crippen molar-refractivity contribution in [2.45, 2.75) is 79.0 Å². The normalized spacial score (nSPS) is 15.7. The van der Waals surface area contributed by atoms with Gasteiger partial charge in [0.15, 0.2) is 0 Å². The van der Waals surface area contributed by atoms with Crippen molar-refractivity contribution < 1.29 is 9.53 Å². The van der Waals surface area contributed by atoms with Crippen LogP contribution in [-0.4, -0.2) is 47.2 Å². The van der Waals surface area contributed by atoms with Crippen molar-refractivity contribution in [3.63, 3.8) is 0 Å². The Labute approximate surface area is 200 Å². The molecule has 1 aliphatic heterocycles. The second-order valence-corrected chi connectivity index (χ2v) is 11.5. The molecule has 1 amide bonds. The first-order valence-corrected chi connectivity index (χ1v) is 12.4. The van der Waals surface area contributed by atoms with Crippen LogP contribution < -0.4 is 0 Å². The lowest BCUT2D eigenvalue weighted by atomic mass is 9.91. The van der Waals surface area contributed by atoms with E-state index in [9.17, 15) is 4.79 Å². The molecule has 4 heteroatoms. The Balaban J connectivity index is 1.74. The summed E-state index contributed by atoms with van der Waals surface area (Å²) in [6.07, 6.45) is 2.93. The van der Waals surface area contributed by atoms with E-state index in [1.54, 1.807) is 0 Å². The van der Waals surface area contributed by atoms with E-state index in [-0.39, 0.29) is 11.5 Å². The number of amides is 1. The van der Waals surface area contributed by atoms with Crippen LogP contribution in [0.3, 0.4) is 0 Å². The van der Waals surface area contributed by atoms with Gasteiger partial charge in [-0.05, 0) is 68.7 Å². The minimum Gasteiger partial charge on any atom is -0.444 e. The van der Waals surface area contributed by atoms with Gasteiger partial charge in [-0.3, -0.25) is 4.90 Å². The van der Waals surface area contributed by atoms with Crippen molar-refractivity contribution in [3.05, 3.63) is 60.2 Å². The van der Waals surface area contributed by atoms with E-state index in [1.807, 2.05) is 25.7 Å². The highest BCUT2D eigenvalue weighted by Gasteiger charge is 2.30. The maximum absolute atomic E-state index is 12.5. The van der Waals surface area contributed by atoms with Gasteiger partial charge in [0.2, 0.25) is 0 Å². The molecule has 0 N–H and O–H groups in total. The van der Waals surface area contributed by atoms with Crippen molar-refractivity contribution >= 4 is 6.09 Å². The summed E-state index contributed by atoms with van der Waals surface area (Å²) in [6.45, 7) is 16.2. The van der Waals surface area contributed by atoms with Gasteiger partial charge >= 0.3 is 6.09 Å². The van der Waals surface area contributed by atoms with E-state index in [0.717, 1.165) is 45.4 Å². The zero-order valence-electron chi connectivity index (χ0n) is 21.4. The number of carbonyl (C=O) groups excluding carboxylic acids is 1. The van der Waals surface area contributed by atoms with Crippen LogP contribution in [0.1, 0.15) is 66.4 Å². The van der Waals surface area contributed by atoms with Gasteiger partial charge in [-0.25, -0.2) is 4.79 Å². The zero-order chi connectivity index (χ0) is 24.1. The molecule has 0 radical (unpaired) electrons. The quantitative estimate of drug-likeness (QED) is 0.475. The monoisotopic (exact) mass is 450 g/mol. The Morgan fingerprint density at radius 3 is 2.15 bits per heavy atom. The minimum atomic E-state index is -0.451. The molecule has 1 aliphatic rings. The summed E-state index contributed by atoms with van der Waals surface area (Å²) in [5.74, 6) is 0. The summed E-state index contributed by atoms with van der Waals surface area (Å²) in [5, 5.41) is 0. The van der Waals surface area contributed by atoms with Gasteiger partial charge in [0.05, 0.1) is 0 Å². The molecule has 2 aromatic rings. The van der Waals surface area contributed by atoms with Crippen LogP contribution in [0.2, 0.25) is 0 Å². The lowest BCUT2D eigenvalue weighted by molar-refractivity contribution is 0.0131. The molecular formula is C29H42N2O2. The van der Waals surface area contributed by atoms with Gasteiger partial charge in [0, 0.05) is 25.7 Å². The lowest BCUT2D eigenvalue weighted by Crippen LogP contribution is -2.48. The fourth-order valence-corrected chi connectivity index (χ4v) is 4.39. The fraction of sp³-hybridized carbons (Fsp3) is 0.552. The van der Waals surface area contributed by atoms with Gasteiger partial charge in [0.25, 0.3) is 0 Å². The van der Waals surface area contributed by atoms with Gasteiger partial charge in [-0.15, -0.1) is 0 Å². The molecule has 0 aliphatic carbocycles. The highest BCUT2D eigenvalue weighted by atomic mass is 16.6. The molecule has 0 atom stereocenters. The SMILES string of the molecule is CC(C)(C)CCN(Cc1ccccc1-c1ccccc1)C1CCN(C(=O)OC(C)(C)C)CC1. The lowest BCUT2D eigenvalue weighted by Gasteiger charge is -2.40. The summed E-state index contributed by atoms with van der Waals surface area (Å²) in [5.41, 5.74) is 3.78. The first-order chi connectivity index (χ1) is 15.5. The molecule has 1 heterocycles. The number of hydrogen-bond donors (Lipinski definition) is 0. The van der Waals surface area contributed by atoms with Crippen molar-refractivity contribution in [1.29, 1.82) is 0 Å². The molecular weight excluding hydrogens is 408 g/mol. The Bertz CT molecular complexity index is 888. The maximum atomic E-state index is 12.5. The van der Waals surface area contributed by atoms with Crippen molar-refractivity contribution in [3.8, 4) is 11.1 Å². The number of nitrogens with zero attached hydrogens (tertiary/aromatic N) is 2. The molecule has 0 unspecified atom stereocenters. The second-order valence-electron chi connectivity index (χ2n) is 11.5. The Morgan fingerprint density at radius 1 is 0.939 bits per heavy atom. The number of piperidine rings is 1. The summed E-state index contributed by atoms with van der Waals surface area (Å²) < 4.78 is 5.60. The topological polar surface area (TPSA) is 32.8 Å².